The number of phenols is 1. The number of aromatic carboxylic acids is 1. The van der Waals surface area contributed by atoms with Crippen LogP contribution in [0.3, 0.4) is 0 Å². The second-order valence-corrected chi connectivity index (χ2v) is 4.89. The maximum atomic E-state index is 11.8. The summed E-state index contributed by atoms with van der Waals surface area (Å²) in [4.78, 5) is 22.6. The summed E-state index contributed by atoms with van der Waals surface area (Å²) in [5.41, 5.74) is 0.133. The highest BCUT2D eigenvalue weighted by Gasteiger charge is 2.15. The fraction of sp³-hybridized carbons (Fsp3) is 0.429. The van der Waals surface area contributed by atoms with E-state index in [1.54, 1.807) is 0 Å². The van der Waals surface area contributed by atoms with Gasteiger partial charge in [0.1, 0.15) is 11.3 Å². The number of benzene rings is 1. The standard InChI is InChI=1S/C14H20N2O4/c1-4-11(8(2)3)16-14(20)15-9-5-6-10(13(18)19)12(17)7-9/h5-8,11,17H,4H2,1-3H3,(H,18,19)(H2,15,16,20). The third-order valence-electron chi connectivity index (χ3n) is 3.05. The van der Waals surface area contributed by atoms with Gasteiger partial charge in [0.15, 0.2) is 0 Å². The zero-order chi connectivity index (χ0) is 15.3. The van der Waals surface area contributed by atoms with Gasteiger partial charge in [-0.05, 0) is 24.5 Å². The summed E-state index contributed by atoms with van der Waals surface area (Å²) in [5.74, 6) is -1.29. The first-order chi connectivity index (χ1) is 9.35. The Morgan fingerprint density at radius 1 is 1.30 bits per heavy atom. The molecule has 0 heterocycles. The lowest BCUT2D eigenvalue weighted by Gasteiger charge is -2.21. The highest BCUT2D eigenvalue weighted by Crippen LogP contribution is 2.21. The van der Waals surface area contributed by atoms with Crippen molar-refractivity contribution in [3.05, 3.63) is 23.8 Å². The van der Waals surface area contributed by atoms with Gasteiger partial charge in [0.25, 0.3) is 0 Å². The monoisotopic (exact) mass is 280 g/mol. The third kappa shape index (κ3) is 4.15. The van der Waals surface area contributed by atoms with Crippen LogP contribution in [0.25, 0.3) is 0 Å². The van der Waals surface area contributed by atoms with Crippen molar-refractivity contribution in [2.75, 3.05) is 5.32 Å². The highest BCUT2D eigenvalue weighted by molar-refractivity contribution is 5.94. The number of aromatic hydroxyl groups is 1. The predicted molar refractivity (Wildman–Crippen MR) is 76.1 cm³/mol. The summed E-state index contributed by atoms with van der Waals surface area (Å²) < 4.78 is 0. The molecule has 1 atom stereocenters. The van der Waals surface area contributed by atoms with Crippen LogP contribution in [0, 0.1) is 5.92 Å². The minimum atomic E-state index is -1.22. The first-order valence-corrected chi connectivity index (χ1v) is 6.49. The molecule has 2 amide bonds. The number of hydrogen-bond donors (Lipinski definition) is 4. The average Bonchev–Trinajstić information content (AvgIpc) is 2.35. The van der Waals surface area contributed by atoms with Gasteiger partial charge in [-0.25, -0.2) is 9.59 Å². The molecule has 6 heteroatoms. The van der Waals surface area contributed by atoms with E-state index in [-0.39, 0.29) is 23.4 Å². The van der Waals surface area contributed by atoms with Crippen LogP contribution in [0.5, 0.6) is 5.75 Å². The normalized spacial score (nSPS) is 12.0. The third-order valence-corrected chi connectivity index (χ3v) is 3.05. The number of amides is 2. The zero-order valence-corrected chi connectivity index (χ0v) is 11.8. The van der Waals surface area contributed by atoms with Crippen molar-refractivity contribution in [3.63, 3.8) is 0 Å². The lowest BCUT2D eigenvalue weighted by molar-refractivity contribution is 0.0694. The van der Waals surface area contributed by atoms with Crippen LogP contribution in [-0.2, 0) is 0 Å². The molecule has 20 heavy (non-hydrogen) atoms. The van der Waals surface area contributed by atoms with E-state index in [0.29, 0.717) is 11.6 Å². The molecule has 0 radical (unpaired) electrons. The summed E-state index contributed by atoms with van der Waals surface area (Å²) in [6, 6.07) is 3.56. The Bertz CT molecular complexity index is 500. The smallest absolute Gasteiger partial charge is 0.339 e. The molecule has 0 fully saturated rings. The summed E-state index contributed by atoms with van der Waals surface area (Å²) in [5, 5.41) is 23.7. The Kier molecular flexibility index (Phi) is 5.37. The summed E-state index contributed by atoms with van der Waals surface area (Å²) in [7, 11) is 0. The molecule has 0 aromatic heterocycles. The fourth-order valence-corrected chi connectivity index (χ4v) is 1.87. The fourth-order valence-electron chi connectivity index (χ4n) is 1.87. The molecule has 0 bridgehead atoms. The van der Waals surface area contributed by atoms with Crippen molar-refractivity contribution >= 4 is 17.7 Å². The van der Waals surface area contributed by atoms with E-state index in [2.05, 4.69) is 10.6 Å². The van der Waals surface area contributed by atoms with Crippen molar-refractivity contribution in [2.24, 2.45) is 5.92 Å². The first-order valence-electron chi connectivity index (χ1n) is 6.49. The van der Waals surface area contributed by atoms with Gasteiger partial charge < -0.3 is 20.8 Å². The van der Waals surface area contributed by atoms with Crippen LogP contribution in [-0.4, -0.2) is 28.3 Å². The molecule has 0 aliphatic heterocycles. The lowest BCUT2D eigenvalue weighted by Crippen LogP contribution is -2.40. The minimum Gasteiger partial charge on any atom is -0.507 e. The van der Waals surface area contributed by atoms with E-state index in [0.717, 1.165) is 6.42 Å². The van der Waals surface area contributed by atoms with Gasteiger partial charge in [-0.15, -0.1) is 0 Å². The van der Waals surface area contributed by atoms with Crippen LogP contribution in [0.2, 0.25) is 0 Å². The maximum absolute atomic E-state index is 11.8. The molecular weight excluding hydrogens is 260 g/mol. The molecule has 0 aliphatic carbocycles. The minimum absolute atomic E-state index is 0.0573. The van der Waals surface area contributed by atoms with Gasteiger partial charge in [-0.1, -0.05) is 20.8 Å². The topological polar surface area (TPSA) is 98.7 Å². The predicted octanol–water partition coefficient (Wildman–Crippen LogP) is 2.65. The zero-order valence-electron chi connectivity index (χ0n) is 11.8. The Labute approximate surface area is 117 Å². The quantitative estimate of drug-likeness (QED) is 0.666. The second-order valence-electron chi connectivity index (χ2n) is 4.89. The summed E-state index contributed by atoms with van der Waals surface area (Å²) >= 11 is 0. The number of hydrogen-bond acceptors (Lipinski definition) is 3. The molecule has 1 unspecified atom stereocenters. The van der Waals surface area contributed by atoms with Crippen molar-refractivity contribution in [2.45, 2.75) is 33.2 Å². The number of carbonyl (C=O) groups excluding carboxylic acids is 1. The van der Waals surface area contributed by atoms with E-state index in [1.807, 2.05) is 20.8 Å². The van der Waals surface area contributed by atoms with E-state index in [4.69, 9.17) is 5.11 Å². The molecule has 4 N–H and O–H groups in total. The van der Waals surface area contributed by atoms with Crippen LogP contribution in [0.1, 0.15) is 37.6 Å². The number of carbonyl (C=O) groups is 2. The Balaban J connectivity index is 2.71. The lowest BCUT2D eigenvalue weighted by atomic mass is 10.0. The molecule has 0 spiro atoms. The molecular formula is C14H20N2O4. The van der Waals surface area contributed by atoms with Crippen LogP contribution in [0.15, 0.2) is 18.2 Å². The number of carboxylic acids is 1. The van der Waals surface area contributed by atoms with Gasteiger partial charge in [-0.2, -0.15) is 0 Å². The second kappa shape index (κ2) is 6.79. The number of carboxylic acid groups (broad SMARTS) is 1. The van der Waals surface area contributed by atoms with Crippen molar-refractivity contribution in [3.8, 4) is 5.75 Å². The Morgan fingerprint density at radius 3 is 2.40 bits per heavy atom. The first kappa shape index (κ1) is 15.8. The Hall–Kier alpha value is -2.24. The summed E-state index contributed by atoms with van der Waals surface area (Å²) in [6.45, 7) is 6.02. The highest BCUT2D eigenvalue weighted by atomic mass is 16.4. The van der Waals surface area contributed by atoms with Gasteiger partial charge in [-0.3, -0.25) is 0 Å². The van der Waals surface area contributed by atoms with Crippen LogP contribution >= 0.6 is 0 Å². The molecule has 0 saturated carbocycles. The van der Waals surface area contributed by atoms with Gasteiger partial charge in [0, 0.05) is 17.8 Å². The van der Waals surface area contributed by atoms with Crippen LogP contribution < -0.4 is 10.6 Å². The van der Waals surface area contributed by atoms with Gasteiger partial charge >= 0.3 is 12.0 Å². The molecule has 0 aliphatic rings. The molecule has 0 saturated heterocycles. The molecule has 1 aromatic carbocycles. The number of urea groups is 1. The van der Waals surface area contributed by atoms with Crippen molar-refractivity contribution in [1.29, 1.82) is 0 Å². The molecule has 6 nitrogen and oxygen atoms in total. The number of rotatable bonds is 5. The SMILES string of the molecule is CCC(NC(=O)Nc1ccc(C(=O)O)c(O)c1)C(C)C. The number of nitrogens with one attached hydrogen (secondary N) is 2. The van der Waals surface area contributed by atoms with Crippen molar-refractivity contribution in [1.82, 2.24) is 5.32 Å². The van der Waals surface area contributed by atoms with E-state index < -0.39 is 5.97 Å². The molecule has 1 aromatic rings. The summed E-state index contributed by atoms with van der Waals surface area (Å²) in [6.07, 6.45) is 0.814. The largest absolute Gasteiger partial charge is 0.507 e. The van der Waals surface area contributed by atoms with E-state index >= 15 is 0 Å². The van der Waals surface area contributed by atoms with Crippen molar-refractivity contribution < 1.29 is 19.8 Å². The number of anilines is 1. The van der Waals surface area contributed by atoms with Gasteiger partial charge in [0.2, 0.25) is 0 Å². The maximum Gasteiger partial charge on any atom is 0.339 e. The van der Waals surface area contributed by atoms with E-state index in [1.165, 1.54) is 18.2 Å². The van der Waals surface area contributed by atoms with E-state index in [9.17, 15) is 14.7 Å². The molecule has 1 rings (SSSR count). The van der Waals surface area contributed by atoms with Crippen LogP contribution in [0.4, 0.5) is 10.5 Å². The molecule has 110 valence electrons. The average molecular weight is 280 g/mol. The van der Waals surface area contributed by atoms with Gasteiger partial charge in [0.05, 0.1) is 0 Å². The Morgan fingerprint density at radius 2 is 1.95 bits per heavy atom.